The third kappa shape index (κ3) is 1.98. The molecule has 1 nitrogen and oxygen atoms in total. The predicted molar refractivity (Wildman–Crippen MR) is 50.4 cm³/mol. The molecule has 1 aromatic heterocycles. The Hall–Kier alpha value is -1.45. The first-order valence-corrected chi connectivity index (χ1v) is 4.38. The van der Waals surface area contributed by atoms with E-state index in [1.807, 2.05) is 0 Å². The van der Waals surface area contributed by atoms with Crippen LogP contribution in [0, 0.1) is 13.3 Å². The number of furan rings is 1. The summed E-state index contributed by atoms with van der Waals surface area (Å²) in [6.07, 6.45) is -4.05. The molecule has 0 N–H and O–H groups in total. The van der Waals surface area contributed by atoms with Crippen LogP contribution in [0.5, 0.6) is 0 Å². The topological polar surface area (TPSA) is 13.1 Å². The molecule has 1 radical (unpaired) electrons. The molecule has 0 spiro atoms. The molecule has 0 bridgehead atoms. The van der Waals surface area contributed by atoms with Crippen LogP contribution in [0.3, 0.4) is 0 Å². The zero-order chi connectivity index (χ0) is 11.1. The van der Waals surface area contributed by atoms with E-state index in [9.17, 15) is 13.2 Å². The standard InChI is InChI=1S/C11H8F3O/c1-7-9(6-11(12,13)14)8-4-2-3-5-10(8)15-7/h2-6H,1H3. The number of alkyl halides is 3. The van der Waals surface area contributed by atoms with E-state index in [0.29, 0.717) is 11.0 Å². The Morgan fingerprint density at radius 1 is 1.20 bits per heavy atom. The summed E-state index contributed by atoms with van der Waals surface area (Å²) >= 11 is 0. The average molecular weight is 213 g/mol. The highest BCUT2D eigenvalue weighted by molar-refractivity contribution is 5.83. The average Bonchev–Trinajstić information content (AvgIpc) is 2.41. The van der Waals surface area contributed by atoms with E-state index in [1.54, 1.807) is 24.3 Å². The van der Waals surface area contributed by atoms with Gasteiger partial charge in [0.05, 0.1) is 6.42 Å². The van der Waals surface area contributed by atoms with Crippen LogP contribution in [0.4, 0.5) is 13.2 Å². The minimum absolute atomic E-state index is 0.109. The Kier molecular flexibility index (Phi) is 2.21. The molecule has 15 heavy (non-hydrogen) atoms. The first-order chi connectivity index (χ1) is 6.97. The van der Waals surface area contributed by atoms with Gasteiger partial charge in [0.2, 0.25) is 0 Å². The van der Waals surface area contributed by atoms with E-state index in [2.05, 4.69) is 0 Å². The number of benzene rings is 1. The minimum Gasteiger partial charge on any atom is -0.461 e. The number of para-hydroxylation sites is 1. The fourth-order valence-corrected chi connectivity index (χ4v) is 1.53. The van der Waals surface area contributed by atoms with Crippen LogP contribution >= 0.6 is 0 Å². The zero-order valence-electron chi connectivity index (χ0n) is 7.93. The van der Waals surface area contributed by atoms with Crippen molar-refractivity contribution in [1.82, 2.24) is 0 Å². The van der Waals surface area contributed by atoms with E-state index in [0.717, 1.165) is 0 Å². The van der Waals surface area contributed by atoms with Gasteiger partial charge in [-0.15, -0.1) is 0 Å². The Morgan fingerprint density at radius 3 is 2.53 bits per heavy atom. The van der Waals surface area contributed by atoms with Gasteiger partial charge in [0.15, 0.2) is 0 Å². The fourth-order valence-electron chi connectivity index (χ4n) is 1.53. The summed E-state index contributed by atoms with van der Waals surface area (Å²) in [6.45, 7) is 1.53. The summed E-state index contributed by atoms with van der Waals surface area (Å²) in [5.41, 5.74) is 0.587. The Morgan fingerprint density at radius 2 is 1.87 bits per heavy atom. The highest BCUT2D eigenvalue weighted by Gasteiger charge is 2.31. The van der Waals surface area contributed by atoms with E-state index < -0.39 is 6.18 Å². The molecule has 0 fully saturated rings. The molecule has 1 heterocycles. The van der Waals surface area contributed by atoms with Crippen molar-refractivity contribution in [2.75, 3.05) is 0 Å². The molecule has 2 rings (SSSR count). The van der Waals surface area contributed by atoms with Crippen LogP contribution < -0.4 is 0 Å². The Balaban J connectivity index is 2.54. The predicted octanol–water partition coefficient (Wildman–Crippen LogP) is 3.86. The fraction of sp³-hybridized carbons (Fsp3) is 0.182. The number of fused-ring (bicyclic) bond motifs is 1. The molecule has 0 atom stereocenters. The van der Waals surface area contributed by atoms with Crippen molar-refractivity contribution in [3.8, 4) is 0 Å². The molecule has 0 aliphatic carbocycles. The number of aryl methyl sites for hydroxylation is 1. The van der Waals surface area contributed by atoms with Gasteiger partial charge in [0, 0.05) is 10.9 Å². The normalized spacial score (nSPS) is 12.3. The van der Waals surface area contributed by atoms with E-state index in [4.69, 9.17) is 4.42 Å². The van der Waals surface area contributed by atoms with Crippen LogP contribution in [0.2, 0.25) is 0 Å². The van der Waals surface area contributed by atoms with Crippen molar-refractivity contribution in [3.63, 3.8) is 0 Å². The second-order valence-corrected chi connectivity index (χ2v) is 3.25. The lowest BCUT2D eigenvalue weighted by molar-refractivity contribution is -0.0928. The van der Waals surface area contributed by atoms with Crippen LogP contribution in [0.15, 0.2) is 28.7 Å². The van der Waals surface area contributed by atoms with Gasteiger partial charge in [-0.2, -0.15) is 13.2 Å². The molecular formula is C11H8F3O. The molecule has 4 heteroatoms. The smallest absolute Gasteiger partial charge is 0.396 e. The minimum atomic E-state index is -4.32. The maximum Gasteiger partial charge on any atom is 0.396 e. The molecule has 1 aromatic carbocycles. The number of hydrogen-bond acceptors (Lipinski definition) is 1. The number of hydrogen-bond donors (Lipinski definition) is 0. The molecular weight excluding hydrogens is 205 g/mol. The monoisotopic (exact) mass is 213 g/mol. The summed E-state index contributed by atoms with van der Waals surface area (Å²) in [4.78, 5) is 0. The van der Waals surface area contributed by atoms with Gasteiger partial charge in [-0.1, -0.05) is 18.2 Å². The molecule has 0 saturated carbocycles. The van der Waals surface area contributed by atoms with Gasteiger partial charge < -0.3 is 4.42 Å². The Bertz CT molecular complexity index is 482. The molecule has 2 aromatic rings. The third-order valence-corrected chi connectivity index (χ3v) is 2.13. The summed E-state index contributed by atoms with van der Waals surface area (Å²) in [5, 5.41) is 0.493. The molecule has 0 unspecified atom stereocenters. The SMILES string of the molecule is Cc1oc2ccccc2c1[CH]C(F)(F)F. The van der Waals surface area contributed by atoms with E-state index in [-0.39, 0.29) is 17.7 Å². The van der Waals surface area contributed by atoms with Crippen molar-refractivity contribution < 1.29 is 17.6 Å². The first kappa shape index (κ1) is 10.1. The van der Waals surface area contributed by atoms with E-state index in [1.165, 1.54) is 6.92 Å². The highest BCUT2D eigenvalue weighted by atomic mass is 19.4. The quantitative estimate of drug-likeness (QED) is 0.701. The number of rotatable bonds is 1. The lowest BCUT2D eigenvalue weighted by Crippen LogP contribution is -2.08. The zero-order valence-corrected chi connectivity index (χ0v) is 7.93. The van der Waals surface area contributed by atoms with Gasteiger partial charge in [0.1, 0.15) is 11.3 Å². The van der Waals surface area contributed by atoms with Crippen LogP contribution in [0.25, 0.3) is 11.0 Å². The summed E-state index contributed by atoms with van der Waals surface area (Å²) in [6, 6.07) is 6.67. The van der Waals surface area contributed by atoms with Crippen molar-refractivity contribution in [2.45, 2.75) is 13.1 Å². The second-order valence-electron chi connectivity index (χ2n) is 3.25. The third-order valence-electron chi connectivity index (χ3n) is 2.13. The molecule has 79 valence electrons. The molecule has 0 aliphatic rings. The summed E-state index contributed by atoms with van der Waals surface area (Å²) in [7, 11) is 0. The first-order valence-electron chi connectivity index (χ1n) is 4.38. The maximum absolute atomic E-state index is 12.2. The van der Waals surface area contributed by atoms with Crippen molar-refractivity contribution >= 4 is 11.0 Å². The van der Waals surface area contributed by atoms with E-state index >= 15 is 0 Å². The van der Waals surface area contributed by atoms with Crippen LogP contribution in [0.1, 0.15) is 11.3 Å². The lowest BCUT2D eigenvalue weighted by Gasteiger charge is -2.04. The second kappa shape index (κ2) is 3.29. The molecule has 0 amide bonds. The van der Waals surface area contributed by atoms with Crippen molar-refractivity contribution in [2.24, 2.45) is 0 Å². The van der Waals surface area contributed by atoms with Gasteiger partial charge in [0.25, 0.3) is 0 Å². The lowest BCUT2D eigenvalue weighted by atomic mass is 10.1. The Labute approximate surface area is 84.5 Å². The van der Waals surface area contributed by atoms with Crippen LogP contribution in [-0.4, -0.2) is 6.18 Å². The highest BCUT2D eigenvalue weighted by Crippen LogP contribution is 2.32. The van der Waals surface area contributed by atoms with Crippen molar-refractivity contribution in [1.29, 1.82) is 0 Å². The summed E-state index contributed by atoms with van der Waals surface area (Å²) in [5.74, 6) is 0.286. The maximum atomic E-state index is 12.2. The number of halogens is 3. The van der Waals surface area contributed by atoms with Gasteiger partial charge in [-0.3, -0.25) is 0 Å². The van der Waals surface area contributed by atoms with Crippen molar-refractivity contribution in [3.05, 3.63) is 42.0 Å². The largest absolute Gasteiger partial charge is 0.461 e. The van der Waals surface area contributed by atoms with Gasteiger partial charge in [-0.25, -0.2) is 0 Å². The van der Waals surface area contributed by atoms with Gasteiger partial charge in [-0.05, 0) is 13.0 Å². The molecule has 0 saturated heterocycles. The van der Waals surface area contributed by atoms with Gasteiger partial charge >= 0.3 is 6.18 Å². The van der Waals surface area contributed by atoms with Crippen LogP contribution in [-0.2, 0) is 0 Å². The molecule has 0 aliphatic heterocycles. The summed E-state index contributed by atoms with van der Waals surface area (Å²) < 4.78 is 41.9.